The van der Waals surface area contributed by atoms with E-state index in [0.717, 1.165) is 4.31 Å². The van der Waals surface area contributed by atoms with Crippen LogP contribution in [0.25, 0.3) is 0 Å². The molecule has 0 aliphatic rings. The zero-order valence-corrected chi connectivity index (χ0v) is 18.3. The summed E-state index contributed by atoms with van der Waals surface area (Å²) < 4.78 is 38.3. The van der Waals surface area contributed by atoms with Crippen LogP contribution in [0.1, 0.15) is 18.9 Å². The van der Waals surface area contributed by atoms with Crippen molar-refractivity contribution < 1.29 is 27.9 Å². The second kappa shape index (κ2) is 11.2. The Hall–Kier alpha value is -2.33. The quantitative estimate of drug-likeness (QED) is 0.233. The van der Waals surface area contributed by atoms with Gasteiger partial charge in [-0.05, 0) is 55.3 Å². The molecule has 0 spiro atoms. The third-order valence-corrected chi connectivity index (χ3v) is 6.57. The number of alkyl halides is 1. The van der Waals surface area contributed by atoms with Gasteiger partial charge in [0.1, 0.15) is 17.5 Å². The number of hydrogen-bond donors (Lipinski definition) is 2. The van der Waals surface area contributed by atoms with Gasteiger partial charge in [0, 0.05) is 12.4 Å². The molecule has 0 bridgehead atoms. The highest BCUT2D eigenvalue weighted by Gasteiger charge is 2.33. The molecule has 0 saturated carbocycles. The van der Waals surface area contributed by atoms with E-state index in [9.17, 15) is 13.2 Å². The molecule has 2 rings (SSSR count). The highest BCUT2D eigenvalue weighted by Crippen LogP contribution is 2.25. The van der Waals surface area contributed by atoms with Crippen molar-refractivity contribution in [2.24, 2.45) is 0 Å². The van der Waals surface area contributed by atoms with Gasteiger partial charge in [0.25, 0.3) is 5.91 Å². The Kier molecular flexibility index (Phi) is 8.91. The van der Waals surface area contributed by atoms with Crippen molar-refractivity contribution >= 4 is 27.5 Å². The molecule has 8 nitrogen and oxygen atoms in total. The highest BCUT2D eigenvalue weighted by atomic mass is 35.5. The Balaban J connectivity index is 2.34. The minimum absolute atomic E-state index is 0.00678. The number of hydroxylamine groups is 1. The SMILES string of the molecule is COc1cccc(CN(C(C)C(=O)NO)S(=O)(=O)c2ccc(OCCCCl)cc2)c1. The zero-order chi connectivity index (χ0) is 22.1. The molecule has 10 heteroatoms. The molecule has 0 saturated heterocycles. The summed E-state index contributed by atoms with van der Waals surface area (Å²) in [6.07, 6.45) is 0.670. The van der Waals surface area contributed by atoms with Gasteiger partial charge in [-0.2, -0.15) is 4.31 Å². The van der Waals surface area contributed by atoms with Gasteiger partial charge in [0.15, 0.2) is 0 Å². The summed E-state index contributed by atoms with van der Waals surface area (Å²) in [4.78, 5) is 12.0. The van der Waals surface area contributed by atoms with Gasteiger partial charge in [-0.25, -0.2) is 13.9 Å². The van der Waals surface area contributed by atoms with Crippen LogP contribution in [0.5, 0.6) is 11.5 Å². The highest BCUT2D eigenvalue weighted by molar-refractivity contribution is 7.89. The molecule has 1 amide bonds. The summed E-state index contributed by atoms with van der Waals surface area (Å²) in [5.41, 5.74) is 2.14. The Morgan fingerprint density at radius 2 is 1.90 bits per heavy atom. The van der Waals surface area contributed by atoms with Crippen LogP contribution in [-0.2, 0) is 21.4 Å². The molecule has 2 N–H and O–H groups in total. The lowest BCUT2D eigenvalue weighted by Crippen LogP contribution is -2.46. The molecule has 0 aliphatic carbocycles. The van der Waals surface area contributed by atoms with Gasteiger partial charge < -0.3 is 9.47 Å². The average Bonchev–Trinajstić information content (AvgIpc) is 2.77. The average molecular weight is 457 g/mol. The third-order valence-electron chi connectivity index (χ3n) is 4.37. The van der Waals surface area contributed by atoms with E-state index in [0.29, 0.717) is 36.0 Å². The molecule has 0 aromatic heterocycles. The molecule has 2 aromatic rings. The van der Waals surface area contributed by atoms with Crippen LogP contribution in [0.2, 0.25) is 0 Å². The van der Waals surface area contributed by atoms with Gasteiger partial charge in [-0.15, -0.1) is 11.6 Å². The second-order valence-corrected chi connectivity index (χ2v) is 8.68. The predicted molar refractivity (Wildman–Crippen MR) is 112 cm³/mol. The number of amides is 1. The second-order valence-electron chi connectivity index (χ2n) is 6.42. The number of benzene rings is 2. The minimum atomic E-state index is -4.07. The molecule has 2 aromatic carbocycles. The van der Waals surface area contributed by atoms with E-state index >= 15 is 0 Å². The molecule has 30 heavy (non-hydrogen) atoms. The van der Waals surface area contributed by atoms with Crippen LogP contribution in [0.3, 0.4) is 0 Å². The maximum atomic E-state index is 13.3. The molecule has 0 heterocycles. The van der Waals surface area contributed by atoms with Gasteiger partial charge in [-0.1, -0.05) is 12.1 Å². The largest absolute Gasteiger partial charge is 0.497 e. The Bertz CT molecular complexity index is 937. The lowest BCUT2D eigenvalue weighted by atomic mass is 10.2. The van der Waals surface area contributed by atoms with Crippen molar-refractivity contribution in [3.63, 3.8) is 0 Å². The van der Waals surface area contributed by atoms with Crippen LogP contribution >= 0.6 is 11.6 Å². The van der Waals surface area contributed by atoms with Crippen LogP contribution in [-0.4, -0.2) is 49.5 Å². The molecule has 0 fully saturated rings. The first-order valence-electron chi connectivity index (χ1n) is 9.21. The van der Waals surface area contributed by atoms with Gasteiger partial charge in [0.05, 0.1) is 18.6 Å². The lowest BCUT2D eigenvalue weighted by molar-refractivity contribution is -0.132. The van der Waals surface area contributed by atoms with E-state index in [-0.39, 0.29) is 11.4 Å². The van der Waals surface area contributed by atoms with Crippen molar-refractivity contribution in [3.8, 4) is 11.5 Å². The number of nitrogens with zero attached hydrogens (tertiary/aromatic N) is 1. The Morgan fingerprint density at radius 3 is 2.50 bits per heavy atom. The summed E-state index contributed by atoms with van der Waals surface area (Å²) >= 11 is 5.62. The fourth-order valence-corrected chi connectivity index (χ4v) is 4.38. The fraction of sp³-hybridized carbons (Fsp3) is 0.350. The fourth-order valence-electron chi connectivity index (χ4n) is 2.69. The van der Waals surface area contributed by atoms with E-state index in [1.807, 2.05) is 0 Å². The van der Waals surface area contributed by atoms with Crippen LogP contribution < -0.4 is 15.0 Å². The normalized spacial score (nSPS) is 12.4. The van der Waals surface area contributed by atoms with Crippen molar-refractivity contribution in [2.45, 2.75) is 30.8 Å². The summed E-state index contributed by atoms with van der Waals surface area (Å²) in [6.45, 7) is 1.72. The summed E-state index contributed by atoms with van der Waals surface area (Å²) in [5, 5.41) is 9.01. The molecule has 164 valence electrons. The van der Waals surface area contributed by atoms with Gasteiger partial charge >= 0.3 is 0 Å². The molecule has 1 atom stereocenters. The number of nitrogens with one attached hydrogen (secondary N) is 1. The summed E-state index contributed by atoms with van der Waals surface area (Å²) in [5.74, 6) is 0.695. The Morgan fingerprint density at radius 1 is 1.20 bits per heavy atom. The predicted octanol–water partition coefficient (Wildman–Crippen LogP) is 2.79. The van der Waals surface area contributed by atoms with E-state index in [1.54, 1.807) is 36.4 Å². The van der Waals surface area contributed by atoms with Crippen molar-refractivity contribution in [1.82, 2.24) is 9.79 Å². The summed E-state index contributed by atoms with van der Waals surface area (Å²) in [6, 6.07) is 11.6. The smallest absolute Gasteiger partial charge is 0.261 e. The number of carbonyl (C=O) groups excluding carboxylic acids is 1. The van der Waals surface area contributed by atoms with Crippen LogP contribution in [0, 0.1) is 0 Å². The van der Waals surface area contributed by atoms with Gasteiger partial charge in [-0.3, -0.25) is 10.0 Å². The first kappa shape index (κ1) is 23.9. The van der Waals surface area contributed by atoms with E-state index in [4.69, 9.17) is 26.3 Å². The maximum Gasteiger partial charge on any atom is 0.261 e. The summed E-state index contributed by atoms with van der Waals surface area (Å²) in [7, 11) is -2.57. The van der Waals surface area contributed by atoms with E-state index in [1.165, 1.54) is 31.6 Å². The van der Waals surface area contributed by atoms with E-state index in [2.05, 4.69) is 0 Å². The molecular formula is C20H25ClN2O6S. The minimum Gasteiger partial charge on any atom is -0.497 e. The molecular weight excluding hydrogens is 432 g/mol. The lowest BCUT2D eigenvalue weighted by Gasteiger charge is -2.27. The molecule has 1 unspecified atom stereocenters. The van der Waals surface area contributed by atoms with Crippen LogP contribution in [0.4, 0.5) is 0 Å². The molecule has 0 radical (unpaired) electrons. The number of ether oxygens (including phenoxy) is 2. The third kappa shape index (κ3) is 6.09. The maximum absolute atomic E-state index is 13.3. The number of methoxy groups -OCH3 is 1. The van der Waals surface area contributed by atoms with Crippen molar-refractivity contribution in [1.29, 1.82) is 0 Å². The zero-order valence-electron chi connectivity index (χ0n) is 16.7. The monoisotopic (exact) mass is 456 g/mol. The number of rotatable bonds is 11. The topological polar surface area (TPSA) is 105 Å². The van der Waals surface area contributed by atoms with Crippen molar-refractivity contribution in [3.05, 3.63) is 54.1 Å². The van der Waals surface area contributed by atoms with Crippen molar-refractivity contribution in [2.75, 3.05) is 19.6 Å². The number of halogens is 1. The van der Waals surface area contributed by atoms with Gasteiger partial charge in [0.2, 0.25) is 10.0 Å². The number of hydrogen-bond acceptors (Lipinski definition) is 6. The Labute approximate surface area is 181 Å². The number of sulfonamides is 1. The number of carbonyl (C=O) groups is 1. The first-order chi connectivity index (χ1) is 14.3. The first-order valence-corrected chi connectivity index (χ1v) is 11.2. The standard InChI is InChI=1S/C20H25ClN2O6S/c1-15(20(24)22-25)23(14-16-5-3-6-18(13-16)28-2)30(26,27)19-9-7-17(8-10-19)29-12-4-11-21/h3,5-10,13,15,25H,4,11-12,14H2,1-2H3,(H,22,24). The van der Waals surface area contributed by atoms with Crippen LogP contribution in [0.15, 0.2) is 53.4 Å². The molecule has 0 aliphatic heterocycles. The van der Waals surface area contributed by atoms with E-state index < -0.39 is 22.0 Å².